The molecule has 0 aliphatic rings. The molecular weight excluding hydrogens is 400 g/mol. The first-order valence-electron chi connectivity index (χ1n) is 8.01. The summed E-state index contributed by atoms with van der Waals surface area (Å²) >= 11 is 3.33. The van der Waals surface area contributed by atoms with Crippen LogP contribution in [0.5, 0.6) is 23.0 Å². The van der Waals surface area contributed by atoms with Crippen LogP contribution >= 0.6 is 15.9 Å². The summed E-state index contributed by atoms with van der Waals surface area (Å²) in [5.41, 5.74) is 3.27. The Bertz CT molecular complexity index is 953. The Hall–Kier alpha value is -2.67. The van der Waals surface area contributed by atoms with Gasteiger partial charge in [0, 0.05) is 18.2 Å². The minimum absolute atomic E-state index is 0.0484. The van der Waals surface area contributed by atoms with E-state index in [9.17, 15) is 10.2 Å². The van der Waals surface area contributed by atoms with Gasteiger partial charge in [0.2, 0.25) is 0 Å². The number of phenols is 2. The predicted molar refractivity (Wildman–Crippen MR) is 103 cm³/mol. The van der Waals surface area contributed by atoms with Crippen LogP contribution in [-0.2, 0) is 7.05 Å². The van der Waals surface area contributed by atoms with Gasteiger partial charge in [-0.2, -0.15) is 5.10 Å². The summed E-state index contributed by atoms with van der Waals surface area (Å²) in [7, 11) is 3.35. The molecular formula is C19H19BrN2O4. The molecule has 6 nitrogen and oxygen atoms in total. The Labute approximate surface area is 159 Å². The van der Waals surface area contributed by atoms with Crippen LogP contribution in [0, 0.1) is 0 Å². The number of halogens is 1. The van der Waals surface area contributed by atoms with Gasteiger partial charge in [-0.15, -0.1) is 0 Å². The van der Waals surface area contributed by atoms with Crippen molar-refractivity contribution in [3.63, 3.8) is 0 Å². The van der Waals surface area contributed by atoms with E-state index in [2.05, 4.69) is 21.0 Å². The highest BCUT2D eigenvalue weighted by molar-refractivity contribution is 9.10. The number of methoxy groups -OCH3 is 1. The number of hydrogen-bond donors (Lipinski definition) is 2. The summed E-state index contributed by atoms with van der Waals surface area (Å²) in [6, 6.07) is 10.6. The first-order chi connectivity index (χ1) is 12.4. The van der Waals surface area contributed by atoms with E-state index in [1.807, 2.05) is 26.1 Å². The van der Waals surface area contributed by atoms with Crippen molar-refractivity contribution in [1.82, 2.24) is 9.78 Å². The van der Waals surface area contributed by atoms with Crippen LogP contribution in [0.4, 0.5) is 0 Å². The lowest BCUT2D eigenvalue weighted by Gasteiger charge is -2.08. The fourth-order valence-electron chi connectivity index (χ4n) is 2.70. The Morgan fingerprint density at radius 3 is 2.50 bits per heavy atom. The normalized spacial score (nSPS) is 10.8. The van der Waals surface area contributed by atoms with Crippen LogP contribution in [0.15, 0.2) is 40.9 Å². The highest BCUT2D eigenvalue weighted by Gasteiger charge is 2.15. The molecule has 0 fully saturated rings. The molecule has 7 heteroatoms. The third-order valence-corrected chi connectivity index (χ3v) is 4.58. The van der Waals surface area contributed by atoms with Crippen molar-refractivity contribution in [1.29, 1.82) is 0 Å². The first-order valence-corrected chi connectivity index (χ1v) is 8.81. The van der Waals surface area contributed by atoms with Crippen LogP contribution in [0.25, 0.3) is 22.5 Å². The molecule has 136 valence electrons. The molecule has 0 aliphatic heterocycles. The smallest absolute Gasteiger partial charge is 0.172 e. The van der Waals surface area contributed by atoms with Gasteiger partial charge in [0.1, 0.15) is 0 Å². The van der Waals surface area contributed by atoms with E-state index >= 15 is 0 Å². The zero-order valence-corrected chi connectivity index (χ0v) is 16.2. The van der Waals surface area contributed by atoms with Gasteiger partial charge in [0.05, 0.1) is 29.6 Å². The lowest BCUT2D eigenvalue weighted by atomic mass is 10.1. The van der Waals surface area contributed by atoms with Gasteiger partial charge in [-0.25, -0.2) is 0 Å². The molecule has 26 heavy (non-hydrogen) atoms. The molecule has 0 unspecified atom stereocenters. The summed E-state index contributed by atoms with van der Waals surface area (Å²) in [6.07, 6.45) is 0. The SMILES string of the molecule is CCOc1cc(-c2cc(-c3cc(Br)c(O)c(OC)c3)nn2C)ccc1O. The van der Waals surface area contributed by atoms with E-state index in [1.54, 1.807) is 28.9 Å². The summed E-state index contributed by atoms with van der Waals surface area (Å²) in [4.78, 5) is 0. The van der Waals surface area contributed by atoms with E-state index in [1.165, 1.54) is 7.11 Å². The fraction of sp³-hybridized carbons (Fsp3) is 0.211. The number of rotatable bonds is 5. The lowest BCUT2D eigenvalue weighted by molar-refractivity contribution is 0.318. The van der Waals surface area contributed by atoms with E-state index in [-0.39, 0.29) is 11.5 Å². The van der Waals surface area contributed by atoms with Crippen LogP contribution in [-0.4, -0.2) is 33.7 Å². The highest BCUT2D eigenvalue weighted by atomic mass is 79.9. The van der Waals surface area contributed by atoms with E-state index in [0.29, 0.717) is 22.6 Å². The molecule has 0 saturated heterocycles. The van der Waals surface area contributed by atoms with Gasteiger partial charge < -0.3 is 19.7 Å². The first kappa shape index (κ1) is 18.1. The molecule has 2 N–H and O–H groups in total. The van der Waals surface area contributed by atoms with Gasteiger partial charge >= 0.3 is 0 Å². The summed E-state index contributed by atoms with van der Waals surface area (Å²) in [5.74, 6) is 0.948. The van der Waals surface area contributed by atoms with Gasteiger partial charge in [-0.05, 0) is 59.3 Å². The van der Waals surface area contributed by atoms with Crippen molar-refractivity contribution >= 4 is 15.9 Å². The van der Waals surface area contributed by atoms with Crippen LogP contribution in [0.2, 0.25) is 0 Å². The number of aromatic nitrogens is 2. The van der Waals surface area contributed by atoms with Gasteiger partial charge in [0.25, 0.3) is 0 Å². The Balaban J connectivity index is 2.06. The largest absolute Gasteiger partial charge is 0.504 e. The second-order valence-corrected chi connectivity index (χ2v) is 6.52. The number of nitrogens with zero attached hydrogens (tertiary/aromatic N) is 2. The van der Waals surface area contributed by atoms with Gasteiger partial charge in [0.15, 0.2) is 23.0 Å². The molecule has 3 aromatic rings. The number of ether oxygens (including phenoxy) is 2. The van der Waals surface area contributed by atoms with E-state index in [0.717, 1.165) is 22.5 Å². The predicted octanol–water partition coefficient (Wildman–Crippen LogP) is 4.34. The second kappa shape index (κ2) is 7.29. The van der Waals surface area contributed by atoms with Crippen LogP contribution < -0.4 is 9.47 Å². The minimum Gasteiger partial charge on any atom is -0.504 e. The van der Waals surface area contributed by atoms with Crippen LogP contribution in [0.3, 0.4) is 0 Å². The molecule has 0 amide bonds. The highest BCUT2D eigenvalue weighted by Crippen LogP contribution is 2.39. The molecule has 0 aliphatic carbocycles. The minimum atomic E-state index is 0.0484. The number of benzene rings is 2. The third-order valence-electron chi connectivity index (χ3n) is 3.98. The van der Waals surface area contributed by atoms with E-state index < -0.39 is 0 Å². The van der Waals surface area contributed by atoms with Crippen molar-refractivity contribution in [3.8, 4) is 45.5 Å². The number of phenolic OH excluding ortho intramolecular Hbond substituents is 2. The molecule has 3 rings (SSSR count). The van der Waals surface area contributed by atoms with Crippen molar-refractivity contribution in [3.05, 3.63) is 40.9 Å². The number of hydrogen-bond acceptors (Lipinski definition) is 5. The molecule has 0 spiro atoms. The molecule has 0 saturated carbocycles. The van der Waals surface area contributed by atoms with Crippen molar-refractivity contribution in [2.45, 2.75) is 6.92 Å². The van der Waals surface area contributed by atoms with E-state index in [4.69, 9.17) is 9.47 Å². The Morgan fingerprint density at radius 2 is 1.81 bits per heavy atom. The maximum absolute atomic E-state index is 9.98. The summed E-state index contributed by atoms with van der Waals surface area (Å²) < 4.78 is 13.0. The number of aryl methyl sites for hydroxylation is 1. The lowest BCUT2D eigenvalue weighted by Crippen LogP contribution is -1.96. The molecule has 1 heterocycles. The Morgan fingerprint density at radius 1 is 1.08 bits per heavy atom. The topological polar surface area (TPSA) is 76.7 Å². The fourth-order valence-corrected chi connectivity index (χ4v) is 3.14. The third kappa shape index (κ3) is 3.35. The summed E-state index contributed by atoms with van der Waals surface area (Å²) in [6.45, 7) is 2.33. The Kier molecular flexibility index (Phi) is 5.08. The molecule has 2 aromatic carbocycles. The van der Waals surface area contributed by atoms with Gasteiger partial charge in [-0.1, -0.05) is 0 Å². The monoisotopic (exact) mass is 418 g/mol. The molecule has 0 bridgehead atoms. The van der Waals surface area contributed by atoms with Crippen LogP contribution in [0.1, 0.15) is 6.92 Å². The van der Waals surface area contributed by atoms with Crippen molar-refractivity contribution in [2.75, 3.05) is 13.7 Å². The molecule has 0 atom stereocenters. The summed E-state index contributed by atoms with van der Waals surface area (Å²) in [5, 5.41) is 24.4. The zero-order valence-electron chi connectivity index (χ0n) is 14.7. The van der Waals surface area contributed by atoms with Crippen molar-refractivity contribution < 1.29 is 19.7 Å². The molecule has 0 radical (unpaired) electrons. The maximum atomic E-state index is 9.98. The standard InChI is InChI=1S/C19H19BrN2O4/c1-4-26-17-8-11(5-6-16(17)23)15-10-14(21-22(15)2)12-7-13(20)19(24)18(9-12)25-3/h5-10,23-24H,4H2,1-3H3. The maximum Gasteiger partial charge on any atom is 0.172 e. The van der Waals surface area contributed by atoms with Crippen molar-refractivity contribution in [2.24, 2.45) is 7.05 Å². The number of aromatic hydroxyl groups is 2. The average Bonchev–Trinajstić information content (AvgIpc) is 3.01. The average molecular weight is 419 g/mol. The van der Waals surface area contributed by atoms with Gasteiger partial charge in [-0.3, -0.25) is 4.68 Å². The molecule has 1 aromatic heterocycles. The zero-order chi connectivity index (χ0) is 18.8. The second-order valence-electron chi connectivity index (χ2n) is 5.66. The quantitative estimate of drug-likeness (QED) is 0.644.